The smallest absolute Gasteiger partial charge is 0.293 e. The number of Topliss-reactive ketones (excluding diaryl/α,β-unsaturated/α-hetero) is 2. The Labute approximate surface area is 98.4 Å². The third kappa shape index (κ3) is 2.72. The van der Waals surface area contributed by atoms with E-state index >= 15 is 0 Å². The summed E-state index contributed by atoms with van der Waals surface area (Å²) in [6.07, 6.45) is -4.62. The van der Waals surface area contributed by atoms with Crippen molar-refractivity contribution in [3.05, 3.63) is 35.4 Å². The average molecular weight is 266 g/mol. The van der Waals surface area contributed by atoms with Gasteiger partial charge in [-0.15, -0.1) is 0 Å². The number of rotatable bonds is 3. The van der Waals surface area contributed by atoms with E-state index in [-0.39, 0.29) is 0 Å². The summed E-state index contributed by atoms with van der Waals surface area (Å²) in [4.78, 5) is 21.8. The molecule has 0 radical (unpaired) electrons. The molecule has 0 N–H and O–H groups in total. The monoisotopic (exact) mass is 266 g/mol. The molecule has 1 aromatic carbocycles. The van der Waals surface area contributed by atoms with Gasteiger partial charge in [-0.05, 0) is 12.1 Å². The Kier molecular flexibility index (Phi) is 3.54. The molecule has 0 saturated heterocycles. The van der Waals surface area contributed by atoms with Crippen molar-refractivity contribution >= 4 is 11.6 Å². The van der Waals surface area contributed by atoms with Gasteiger partial charge in [-0.2, -0.15) is 22.0 Å². The third-order valence-electron chi connectivity index (χ3n) is 2.20. The van der Waals surface area contributed by atoms with Gasteiger partial charge < -0.3 is 0 Å². The molecule has 0 amide bonds. The summed E-state index contributed by atoms with van der Waals surface area (Å²) < 4.78 is 62.7. The zero-order chi connectivity index (χ0) is 14.1. The molecule has 0 heterocycles. The highest BCUT2D eigenvalue weighted by Gasteiger charge is 2.44. The number of hydrogen-bond donors (Lipinski definition) is 0. The van der Waals surface area contributed by atoms with Gasteiger partial charge in [0.25, 0.3) is 0 Å². The van der Waals surface area contributed by atoms with Crippen LogP contribution in [-0.4, -0.2) is 17.5 Å². The van der Waals surface area contributed by atoms with Gasteiger partial charge >= 0.3 is 12.1 Å². The lowest BCUT2D eigenvalue weighted by Crippen LogP contribution is -2.36. The number of benzene rings is 1. The van der Waals surface area contributed by atoms with Crippen molar-refractivity contribution in [3.8, 4) is 0 Å². The predicted octanol–water partition coefficient (Wildman–Crippen LogP) is 3.11. The minimum atomic E-state index is -4.62. The summed E-state index contributed by atoms with van der Waals surface area (Å²) in [7, 11) is 0. The first-order valence-corrected chi connectivity index (χ1v) is 4.67. The van der Waals surface area contributed by atoms with Crippen LogP contribution >= 0.6 is 0 Å². The van der Waals surface area contributed by atoms with E-state index in [1.807, 2.05) is 0 Å². The van der Waals surface area contributed by atoms with Crippen LogP contribution < -0.4 is 0 Å². The normalized spacial score (nSPS) is 12.3. The highest BCUT2D eigenvalue weighted by molar-refractivity contribution is 6.15. The number of carbonyl (C=O) groups is 2. The van der Waals surface area contributed by atoms with Crippen LogP contribution in [0.15, 0.2) is 24.3 Å². The Morgan fingerprint density at radius 2 is 1.39 bits per heavy atom. The molecule has 0 aliphatic rings. The van der Waals surface area contributed by atoms with Crippen molar-refractivity contribution in [1.82, 2.24) is 0 Å². The van der Waals surface area contributed by atoms with E-state index in [0.29, 0.717) is 31.2 Å². The molecule has 0 aromatic heterocycles. The Bertz CT molecular complexity index is 473. The molecule has 0 saturated carbocycles. The van der Waals surface area contributed by atoms with Gasteiger partial charge in [0.05, 0.1) is 5.56 Å². The van der Waals surface area contributed by atoms with Crippen molar-refractivity contribution in [2.75, 3.05) is 0 Å². The van der Waals surface area contributed by atoms with Crippen LogP contribution in [-0.2, 0) is 11.0 Å². The quantitative estimate of drug-likeness (QED) is 0.478. The number of carbonyl (C=O) groups excluding carboxylic acids is 2. The Morgan fingerprint density at radius 3 is 1.72 bits per heavy atom. The van der Waals surface area contributed by atoms with Gasteiger partial charge in [0.2, 0.25) is 11.6 Å². The molecule has 7 heteroatoms. The Morgan fingerprint density at radius 1 is 0.944 bits per heavy atom. The van der Waals surface area contributed by atoms with Gasteiger partial charge in [-0.3, -0.25) is 9.59 Å². The van der Waals surface area contributed by atoms with E-state index in [9.17, 15) is 31.5 Å². The number of alkyl halides is 5. The molecule has 0 aliphatic heterocycles. The molecule has 2 nitrogen and oxygen atoms in total. The zero-order valence-corrected chi connectivity index (χ0v) is 9.02. The van der Waals surface area contributed by atoms with Crippen molar-refractivity contribution in [3.63, 3.8) is 0 Å². The van der Waals surface area contributed by atoms with Gasteiger partial charge in [0.15, 0.2) is 0 Å². The van der Waals surface area contributed by atoms with E-state index in [2.05, 4.69) is 0 Å². The van der Waals surface area contributed by atoms with E-state index in [1.165, 1.54) is 0 Å². The Hall–Kier alpha value is -1.79. The van der Waals surface area contributed by atoms with Gasteiger partial charge in [-0.1, -0.05) is 12.1 Å². The summed E-state index contributed by atoms with van der Waals surface area (Å²) >= 11 is 0. The number of ketones is 2. The van der Waals surface area contributed by atoms with Gasteiger partial charge in [-0.25, -0.2) is 0 Å². The predicted molar refractivity (Wildman–Crippen MR) is 51.4 cm³/mol. The summed E-state index contributed by atoms with van der Waals surface area (Å²) in [5.41, 5.74) is -1.71. The van der Waals surface area contributed by atoms with Crippen LogP contribution in [0.2, 0.25) is 0 Å². The van der Waals surface area contributed by atoms with Crippen molar-refractivity contribution in [2.24, 2.45) is 0 Å². The minimum absolute atomic E-state index is 0.503. The van der Waals surface area contributed by atoms with E-state index < -0.39 is 34.8 Å². The molecule has 0 aliphatic carbocycles. The molecule has 0 bridgehead atoms. The molecule has 0 unspecified atom stereocenters. The maximum atomic E-state index is 13.0. The molecule has 98 valence electrons. The summed E-state index contributed by atoms with van der Waals surface area (Å²) in [6.45, 7) is 0.530. The lowest BCUT2D eigenvalue weighted by Gasteiger charge is -2.12. The fraction of sp³-hybridized carbons (Fsp3) is 0.273. The van der Waals surface area contributed by atoms with E-state index in [0.717, 1.165) is 0 Å². The SMILES string of the molecule is CC(=O)C(F)(F)C(=O)c1ccc(C(F)(F)F)cc1. The van der Waals surface area contributed by atoms with Crippen LogP contribution in [0.1, 0.15) is 22.8 Å². The molecule has 1 aromatic rings. The molecular weight excluding hydrogens is 259 g/mol. The lowest BCUT2D eigenvalue weighted by molar-refractivity contribution is -0.137. The van der Waals surface area contributed by atoms with Crippen LogP contribution in [0.25, 0.3) is 0 Å². The zero-order valence-electron chi connectivity index (χ0n) is 9.02. The fourth-order valence-corrected chi connectivity index (χ4v) is 1.15. The lowest BCUT2D eigenvalue weighted by atomic mass is 10.0. The first-order chi connectivity index (χ1) is 8.06. The van der Waals surface area contributed by atoms with Crippen LogP contribution in [0.4, 0.5) is 22.0 Å². The van der Waals surface area contributed by atoms with Crippen LogP contribution in [0, 0.1) is 0 Å². The standard InChI is InChI=1S/C11H7F5O2/c1-6(17)10(12,13)9(18)7-2-4-8(5-3-7)11(14,15)16/h2-5H,1H3. The summed E-state index contributed by atoms with van der Waals surface area (Å²) in [5, 5.41) is 0. The summed E-state index contributed by atoms with van der Waals surface area (Å²) in [6, 6.07) is 2.23. The van der Waals surface area contributed by atoms with Crippen molar-refractivity contribution < 1.29 is 31.5 Å². The Balaban J connectivity index is 3.07. The first kappa shape index (κ1) is 14.3. The van der Waals surface area contributed by atoms with Crippen LogP contribution in [0.3, 0.4) is 0 Å². The highest BCUT2D eigenvalue weighted by atomic mass is 19.4. The summed E-state index contributed by atoms with van der Waals surface area (Å²) in [5.74, 6) is -7.70. The van der Waals surface area contributed by atoms with E-state index in [1.54, 1.807) is 0 Å². The van der Waals surface area contributed by atoms with Crippen molar-refractivity contribution in [2.45, 2.75) is 19.0 Å². The average Bonchev–Trinajstić information content (AvgIpc) is 2.26. The second-order valence-corrected chi connectivity index (χ2v) is 3.53. The topological polar surface area (TPSA) is 34.1 Å². The maximum absolute atomic E-state index is 13.0. The maximum Gasteiger partial charge on any atom is 0.416 e. The van der Waals surface area contributed by atoms with Gasteiger partial charge in [0.1, 0.15) is 0 Å². The molecule has 0 spiro atoms. The molecule has 1 rings (SSSR count). The van der Waals surface area contributed by atoms with E-state index in [4.69, 9.17) is 0 Å². The third-order valence-corrected chi connectivity index (χ3v) is 2.20. The molecule has 18 heavy (non-hydrogen) atoms. The molecular formula is C11H7F5O2. The van der Waals surface area contributed by atoms with Crippen molar-refractivity contribution in [1.29, 1.82) is 0 Å². The largest absolute Gasteiger partial charge is 0.416 e. The molecule has 0 atom stereocenters. The number of hydrogen-bond acceptors (Lipinski definition) is 2. The molecule has 0 fully saturated rings. The van der Waals surface area contributed by atoms with Gasteiger partial charge in [0, 0.05) is 12.5 Å². The highest BCUT2D eigenvalue weighted by Crippen LogP contribution is 2.30. The minimum Gasteiger partial charge on any atom is -0.293 e. The first-order valence-electron chi connectivity index (χ1n) is 4.67. The second-order valence-electron chi connectivity index (χ2n) is 3.53. The number of halogens is 5. The second kappa shape index (κ2) is 4.47. The van der Waals surface area contributed by atoms with Crippen LogP contribution in [0.5, 0.6) is 0 Å². The fourth-order valence-electron chi connectivity index (χ4n) is 1.15.